The fourth-order valence-corrected chi connectivity index (χ4v) is 1.10. The van der Waals surface area contributed by atoms with Gasteiger partial charge in [0.05, 0.1) is 6.07 Å². The van der Waals surface area contributed by atoms with Crippen molar-refractivity contribution in [2.45, 2.75) is 12.3 Å². The maximum Gasteiger partial charge on any atom is 0.328 e. The number of carboxylic acid groups (broad SMARTS) is 1. The number of hydrogen-bond acceptors (Lipinski definition) is 2. The summed E-state index contributed by atoms with van der Waals surface area (Å²) in [7, 11) is 0. The Kier molecular flexibility index (Phi) is 2.71. The molecule has 1 aromatic carbocycles. The predicted octanol–water partition coefficient (Wildman–Crippen LogP) is 1.83. The molecule has 1 aromatic rings. The summed E-state index contributed by atoms with van der Waals surface area (Å²) in [5, 5.41) is 17.5. The quantitative estimate of drug-likeness (QED) is 0.811. The van der Waals surface area contributed by atoms with Gasteiger partial charge in [0, 0.05) is 5.56 Å². The zero-order valence-corrected chi connectivity index (χ0v) is 7.79. The topological polar surface area (TPSA) is 61.1 Å². The lowest BCUT2D eigenvalue weighted by Crippen LogP contribution is -2.31. The van der Waals surface area contributed by atoms with Gasteiger partial charge >= 0.3 is 5.97 Å². The van der Waals surface area contributed by atoms with E-state index in [1.54, 1.807) is 0 Å². The first kappa shape index (κ1) is 11.1. The van der Waals surface area contributed by atoms with E-state index in [-0.39, 0.29) is 0 Å². The minimum absolute atomic E-state index is 0.475. The van der Waals surface area contributed by atoms with E-state index in [9.17, 15) is 13.6 Å². The van der Waals surface area contributed by atoms with Crippen LogP contribution in [0.4, 0.5) is 8.78 Å². The minimum Gasteiger partial charge on any atom is -0.480 e. The molecule has 0 fully saturated rings. The number of benzene rings is 1. The van der Waals surface area contributed by atoms with Gasteiger partial charge in [-0.3, -0.25) is 4.79 Å². The van der Waals surface area contributed by atoms with Crippen LogP contribution in [0.5, 0.6) is 0 Å². The lowest BCUT2D eigenvalue weighted by Gasteiger charge is -2.17. The molecule has 1 unspecified atom stereocenters. The van der Waals surface area contributed by atoms with Crippen LogP contribution in [0.25, 0.3) is 0 Å². The summed E-state index contributed by atoms with van der Waals surface area (Å²) in [6.07, 6.45) is 0. The molecule has 0 heterocycles. The number of nitriles is 1. The Labute approximate surface area is 84.6 Å². The van der Waals surface area contributed by atoms with Crippen LogP contribution in [-0.4, -0.2) is 11.1 Å². The Morgan fingerprint density at radius 1 is 1.53 bits per heavy atom. The highest BCUT2D eigenvalue weighted by Gasteiger charge is 2.38. The second-order valence-electron chi connectivity index (χ2n) is 3.17. The Hall–Kier alpha value is -1.96. The fraction of sp³-hybridized carbons (Fsp3) is 0.200. The predicted molar refractivity (Wildman–Crippen MR) is 47.0 cm³/mol. The molecule has 0 aliphatic heterocycles. The van der Waals surface area contributed by atoms with Crippen LogP contribution in [-0.2, 0) is 10.2 Å². The molecule has 0 spiro atoms. The van der Waals surface area contributed by atoms with Crippen molar-refractivity contribution in [2.24, 2.45) is 0 Å². The molecule has 0 saturated heterocycles. The van der Waals surface area contributed by atoms with Gasteiger partial charge in [0.25, 0.3) is 0 Å². The van der Waals surface area contributed by atoms with Crippen LogP contribution < -0.4 is 0 Å². The second kappa shape index (κ2) is 3.65. The van der Waals surface area contributed by atoms with Crippen LogP contribution in [0.15, 0.2) is 18.2 Å². The van der Waals surface area contributed by atoms with Crippen molar-refractivity contribution in [3.05, 3.63) is 35.4 Å². The zero-order chi connectivity index (χ0) is 11.6. The van der Waals surface area contributed by atoms with E-state index >= 15 is 0 Å². The molecule has 78 valence electrons. The largest absolute Gasteiger partial charge is 0.480 e. The summed E-state index contributed by atoms with van der Waals surface area (Å²) < 4.78 is 26.0. The van der Waals surface area contributed by atoms with Gasteiger partial charge in [-0.15, -0.1) is 0 Å². The molecule has 0 aromatic heterocycles. The van der Waals surface area contributed by atoms with E-state index in [1.165, 1.54) is 6.07 Å². The molecule has 1 atom stereocenters. The molecule has 0 bridgehead atoms. The highest BCUT2D eigenvalue weighted by atomic mass is 19.1. The zero-order valence-electron chi connectivity index (χ0n) is 7.79. The van der Waals surface area contributed by atoms with Gasteiger partial charge in [0.1, 0.15) is 11.6 Å². The molecular formula is C10H7F2NO2. The SMILES string of the molecule is CC(C#N)(C(=O)O)c1cc(F)ccc1F. The lowest BCUT2D eigenvalue weighted by molar-refractivity contribution is -0.141. The van der Waals surface area contributed by atoms with Crippen LogP contribution in [0.2, 0.25) is 0 Å². The van der Waals surface area contributed by atoms with Crippen molar-refractivity contribution in [3.63, 3.8) is 0 Å². The molecule has 0 amide bonds. The maximum atomic E-state index is 13.2. The monoisotopic (exact) mass is 211 g/mol. The molecule has 3 nitrogen and oxygen atoms in total. The number of rotatable bonds is 2. The molecular weight excluding hydrogens is 204 g/mol. The third-order valence-electron chi connectivity index (χ3n) is 2.12. The molecule has 0 aliphatic rings. The second-order valence-corrected chi connectivity index (χ2v) is 3.17. The van der Waals surface area contributed by atoms with Crippen LogP contribution >= 0.6 is 0 Å². The van der Waals surface area contributed by atoms with Crippen molar-refractivity contribution in [3.8, 4) is 6.07 Å². The first-order valence-electron chi connectivity index (χ1n) is 4.02. The summed E-state index contributed by atoms with van der Waals surface area (Å²) in [5.41, 5.74) is -2.55. The Morgan fingerprint density at radius 2 is 2.13 bits per heavy atom. The Morgan fingerprint density at radius 3 is 2.60 bits per heavy atom. The molecule has 5 heteroatoms. The maximum absolute atomic E-state index is 13.2. The van der Waals surface area contributed by atoms with Gasteiger partial charge in [0.2, 0.25) is 0 Å². The summed E-state index contributed by atoms with van der Waals surface area (Å²) in [6, 6.07) is 3.83. The first-order chi connectivity index (χ1) is 6.91. The average Bonchev–Trinajstić information content (AvgIpc) is 2.20. The number of carboxylic acids is 1. The summed E-state index contributed by atoms with van der Waals surface area (Å²) in [5.74, 6) is -3.22. The van der Waals surface area contributed by atoms with Gasteiger partial charge in [-0.25, -0.2) is 8.78 Å². The summed E-state index contributed by atoms with van der Waals surface area (Å²) in [6.45, 7) is 1.02. The molecule has 1 N–H and O–H groups in total. The molecule has 0 aliphatic carbocycles. The summed E-state index contributed by atoms with van der Waals surface area (Å²) >= 11 is 0. The van der Waals surface area contributed by atoms with E-state index in [0.29, 0.717) is 6.07 Å². The van der Waals surface area contributed by atoms with Crippen molar-refractivity contribution in [1.82, 2.24) is 0 Å². The van der Waals surface area contributed by atoms with Crippen molar-refractivity contribution >= 4 is 5.97 Å². The van der Waals surface area contributed by atoms with Crippen molar-refractivity contribution in [1.29, 1.82) is 5.26 Å². The number of carbonyl (C=O) groups is 1. The standard InChI is InChI=1S/C10H7F2NO2/c1-10(5-13,9(14)15)7-4-6(11)2-3-8(7)12/h2-4H,1H3,(H,14,15). The Bertz CT molecular complexity index is 453. The number of hydrogen-bond donors (Lipinski definition) is 1. The average molecular weight is 211 g/mol. The van der Waals surface area contributed by atoms with E-state index in [2.05, 4.69) is 0 Å². The van der Waals surface area contributed by atoms with Crippen molar-refractivity contribution < 1.29 is 18.7 Å². The van der Waals surface area contributed by atoms with Gasteiger partial charge in [0.15, 0.2) is 5.41 Å². The minimum atomic E-state index is -2.08. The van der Waals surface area contributed by atoms with E-state index < -0.39 is 28.6 Å². The van der Waals surface area contributed by atoms with E-state index in [1.807, 2.05) is 0 Å². The smallest absolute Gasteiger partial charge is 0.328 e. The molecule has 0 radical (unpaired) electrons. The highest BCUT2D eigenvalue weighted by molar-refractivity contribution is 5.84. The number of halogens is 2. The molecule has 1 rings (SSSR count). The third kappa shape index (κ3) is 1.79. The first-order valence-corrected chi connectivity index (χ1v) is 4.02. The van der Waals surface area contributed by atoms with Crippen LogP contribution in [0, 0.1) is 23.0 Å². The van der Waals surface area contributed by atoms with E-state index in [0.717, 1.165) is 19.1 Å². The van der Waals surface area contributed by atoms with Crippen LogP contribution in [0.1, 0.15) is 12.5 Å². The van der Waals surface area contributed by atoms with Crippen molar-refractivity contribution in [2.75, 3.05) is 0 Å². The number of nitrogens with zero attached hydrogens (tertiary/aromatic N) is 1. The Balaban J connectivity index is 3.44. The van der Waals surface area contributed by atoms with Gasteiger partial charge in [-0.1, -0.05) is 0 Å². The van der Waals surface area contributed by atoms with E-state index in [4.69, 9.17) is 10.4 Å². The molecule has 0 saturated carbocycles. The van der Waals surface area contributed by atoms with Gasteiger partial charge in [-0.05, 0) is 25.1 Å². The van der Waals surface area contributed by atoms with Gasteiger partial charge in [-0.2, -0.15) is 5.26 Å². The normalized spacial score (nSPS) is 14.0. The number of aliphatic carboxylic acids is 1. The lowest BCUT2D eigenvalue weighted by atomic mass is 9.84. The molecule has 15 heavy (non-hydrogen) atoms. The van der Waals surface area contributed by atoms with Gasteiger partial charge < -0.3 is 5.11 Å². The third-order valence-corrected chi connectivity index (χ3v) is 2.12. The van der Waals surface area contributed by atoms with Crippen LogP contribution in [0.3, 0.4) is 0 Å². The fourth-order valence-electron chi connectivity index (χ4n) is 1.10. The summed E-state index contributed by atoms with van der Waals surface area (Å²) in [4.78, 5) is 10.8. The highest BCUT2D eigenvalue weighted by Crippen LogP contribution is 2.26.